The maximum Gasteiger partial charge on any atom is 0.238 e. The quantitative estimate of drug-likeness (QED) is 0.358. The highest BCUT2D eigenvalue weighted by Gasteiger charge is 2.36. The standard InChI is InChI=1S/C24H24N4O3S/c1-24(18-6-3-2-4-7-18,22(29)21-16-27-23-20(21)8-5-14-26-23)28-15-13-17-9-11-19(12-10-17)32(25,30)31/h2-12,14,16,28H,13,15H2,1H3,(H,26,27)(H2,25,30,31). The molecule has 1 unspecified atom stereocenters. The van der Waals surface area contributed by atoms with Gasteiger partial charge in [-0.25, -0.2) is 18.5 Å². The lowest BCUT2D eigenvalue weighted by Gasteiger charge is -2.30. The average molecular weight is 449 g/mol. The number of carbonyl (C=O) groups excluding carboxylic acids is 1. The Balaban J connectivity index is 1.59. The van der Waals surface area contributed by atoms with E-state index in [9.17, 15) is 13.2 Å². The molecule has 0 radical (unpaired) electrons. The molecule has 0 fully saturated rings. The molecule has 164 valence electrons. The summed E-state index contributed by atoms with van der Waals surface area (Å²) >= 11 is 0. The van der Waals surface area contributed by atoms with Crippen LogP contribution in [0.1, 0.15) is 28.4 Å². The van der Waals surface area contributed by atoms with Crippen molar-refractivity contribution >= 4 is 26.8 Å². The number of aromatic nitrogens is 2. The molecule has 4 aromatic rings. The molecule has 32 heavy (non-hydrogen) atoms. The number of nitrogens with two attached hydrogens (primary N) is 1. The minimum absolute atomic E-state index is 0.0625. The highest BCUT2D eigenvalue weighted by atomic mass is 32.2. The molecule has 2 aromatic carbocycles. The predicted molar refractivity (Wildman–Crippen MR) is 124 cm³/mol. The lowest BCUT2D eigenvalue weighted by atomic mass is 9.84. The van der Waals surface area contributed by atoms with E-state index in [0.717, 1.165) is 16.5 Å². The van der Waals surface area contributed by atoms with Gasteiger partial charge in [0.05, 0.1) is 4.90 Å². The van der Waals surface area contributed by atoms with Gasteiger partial charge >= 0.3 is 0 Å². The van der Waals surface area contributed by atoms with Crippen LogP contribution in [0.2, 0.25) is 0 Å². The fourth-order valence-corrected chi connectivity index (χ4v) is 4.32. The summed E-state index contributed by atoms with van der Waals surface area (Å²) in [5.41, 5.74) is 2.06. The Bertz CT molecular complexity index is 1350. The first kappa shape index (κ1) is 21.9. The Kier molecular flexibility index (Phi) is 5.92. The van der Waals surface area contributed by atoms with Gasteiger partial charge in [0.2, 0.25) is 10.0 Å². The lowest BCUT2D eigenvalue weighted by molar-refractivity contribution is 0.0866. The number of primary sulfonamides is 1. The van der Waals surface area contributed by atoms with Crippen LogP contribution >= 0.6 is 0 Å². The van der Waals surface area contributed by atoms with Gasteiger partial charge in [-0.15, -0.1) is 0 Å². The molecule has 4 N–H and O–H groups in total. The van der Waals surface area contributed by atoms with E-state index < -0.39 is 15.6 Å². The third-order valence-corrected chi connectivity index (χ3v) is 6.57. The van der Waals surface area contributed by atoms with E-state index in [4.69, 9.17) is 5.14 Å². The summed E-state index contributed by atoms with van der Waals surface area (Å²) in [5, 5.41) is 9.37. The van der Waals surface area contributed by atoms with Crippen LogP contribution in [0.4, 0.5) is 0 Å². The number of rotatable bonds is 8. The van der Waals surface area contributed by atoms with E-state index in [0.29, 0.717) is 24.2 Å². The molecule has 0 aliphatic carbocycles. The minimum atomic E-state index is -3.72. The summed E-state index contributed by atoms with van der Waals surface area (Å²) in [7, 11) is -3.72. The molecule has 2 aromatic heterocycles. The predicted octanol–water partition coefficient (Wildman–Crippen LogP) is 3.14. The Morgan fingerprint density at radius 2 is 1.78 bits per heavy atom. The van der Waals surface area contributed by atoms with Crippen LogP contribution in [0.3, 0.4) is 0 Å². The molecule has 0 amide bonds. The Morgan fingerprint density at radius 3 is 2.47 bits per heavy atom. The van der Waals surface area contributed by atoms with E-state index in [1.807, 2.05) is 49.4 Å². The second-order valence-corrected chi connectivity index (χ2v) is 9.35. The molecule has 0 spiro atoms. The summed E-state index contributed by atoms with van der Waals surface area (Å²) in [6.45, 7) is 2.39. The van der Waals surface area contributed by atoms with Crippen LogP contribution < -0.4 is 10.5 Å². The molecule has 0 aliphatic rings. The van der Waals surface area contributed by atoms with Crippen molar-refractivity contribution in [1.82, 2.24) is 15.3 Å². The van der Waals surface area contributed by atoms with Crippen LogP contribution in [0.25, 0.3) is 11.0 Å². The zero-order chi connectivity index (χ0) is 22.8. The van der Waals surface area contributed by atoms with Crippen LogP contribution in [0, 0.1) is 0 Å². The molecular weight excluding hydrogens is 424 g/mol. The largest absolute Gasteiger partial charge is 0.345 e. The smallest absolute Gasteiger partial charge is 0.238 e. The van der Waals surface area contributed by atoms with E-state index in [1.54, 1.807) is 24.5 Å². The summed E-state index contributed by atoms with van der Waals surface area (Å²) < 4.78 is 22.9. The van der Waals surface area contributed by atoms with Crippen molar-refractivity contribution in [3.63, 3.8) is 0 Å². The van der Waals surface area contributed by atoms with Gasteiger partial charge in [-0.3, -0.25) is 4.79 Å². The topological polar surface area (TPSA) is 118 Å². The third-order valence-electron chi connectivity index (χ3n) is 5.65. The van der Waals surface area contributed by atoms with Gasteiger partial charge in [-0.2, -0.15) is 0 Å². The van der Waals surface area contributed by atoms with E-state index in [2.05, 4.69) is 15.3 Å². The molecule has 0 aliphatic heterocycles. The molecule has 8 heteroatoms. The minimum Gasteiger partial charge on any atom is -0.345 e. The van der Waals surface area contributed by atoms with Crippen LogP contribution in [0.15, 0.2) is 84.0 Å². The number of pyridine rings is 1. The normalized spacial score (nSPS) is 13.7. The molecule has 2 heterocycles. The zero-order valence-electron chi connectivity index (χ0n) is 17.6. The first-order valence-electron chi connectivity index (χ1n) is 10.2. The number of Topliss-reactive ketones (excluding diaryl/α,β-unsaturated/α-hetero) is 1. The highest BCUT2D eigenvalue weighted by Crippen LogP contribution is 2.29. The first-order chi connectivity index (χ1) is 15.3. The van der Waals surface area contributed by atoms with E-state index in [1.165, 1.54) is 12.1 Å². The van der Waals surface area contributed by atoms with Crippen molar-refractivity contribution in [1.29, 1.82) is 0 Å². The van der Waals surface area contributed by atoms with Crippen molar-refractivity contribution in [2.24, 2.45) is 5.14 Å². The van der Waals surface area contributed by atoms with Crippen molar-refractivity contribution < 1.29 is 13.2 Å². The van der Waals surface area contributed by atoms with Gasteiger partial charge in [0.1, 0.15) is 11.2 Å². The van der Waals surface area contributed by atoms with E-state index in [-0.39, 0.29) is 10.7 Å². The second-order valence-electron chi connectivity index (χ2n) is 7.79. The first-order valence-corrected chi connectivity index (χ1v) is 11.7. The fraction of sp³-hybridized carbons (Fsp3) is 0.167. The third kappa shape index (κ3) is 4.34. The van der Waals surface area contributed by atoms with Crippen LogP contribution in [-0.4, -0.2) is 30.7 Å². The van der Waals surface area contributed by atoms with Gasteiger partial charge < -0.3 is 10.3 Å². The van der Waals surface area contributed by atoms with Gasteiger partial charge in [-0.1, -0.05) is 42.5 Å². The maximum atomic E-state index is 13.7. The number of aromatic amines is 1. The number of hydrogen-bond donors (Lipinski definition) is 3. The fourth-order valence-electron chi connectivity index (χ4n) is 3.80. The Hall–Kier alpha value is -3.33. The van der Waals surface area contributed by atoms with Crippen molar-refractivity contribution in [2.45, 2.75) is 23.8 Å². The summed E-state index contributed by atoms with van der Waals surface area (Å²) in [6, 6.07) is 19.7. The molecule has 7 nitrogen and oxygen atoms in total. The van der Waals surface area contributed by atoms with Gasteiger partial charge in [0, 0.05) is 29.9 Å². The second kappa shape index (κ2) is 8.66. The lowest BCUT2D eigenvalue weighted by Crippen LogP contribution is -2.47. The number of sulfonamides is 1. The van der Waals surface area contributed by atoms with Crippen molar-refractivity contribution in [3.05, 3.63) is 95.8 Å². The van der Waals surface area contributed by atoms with Crippen molar-refractivity contribution in [2.75, 3.05) is 6.54 Å². The van der Waals surface area contributed by atoms with Crippen LogP contribution in [-0.2, 0) is 22.0 Å². The van der Waals surface area contributed by atoms with E-state index >= 15 is 0 Å². The molecule has 0 bridgehead atoms. The summed E-state index contributed by atoms with van der Waals surface area (Å²) in [4.78, 5) is 21.2. The average Bonchev–Trinajstić information content (AvgIpc) is 3.23. The monoisotopic (exact) mass is 448 g/mol. The highest BCUT2D eigenvalue weighted by molar-refractivity contribution is 7.89. The number of hydrogen-bond acceptors (Lipinski definition) is 5. The maximum absolute atomic E-state index is 13.7. The van der Waals surface area contributed by atoms with Crippen LogP contribution in [0.5, 0.6) is 0 Å². The molecule has 4 rings (SSSR count). The molecule has 0 saturated heterocycles. The van der Waals surface area contributed by atoms with Gasteiger partial charge in [-0.05, 0) is 48.7 Å². The Morgan fingerprint density at radius 1 is 1.06 bits per heavy atom. The SMILES string of the molecule is CC(NCCc1ccc(S(N)(=O)=O)cc1)(C(=O)c1c[nH]c2ncccc12)c1ccccc1. The summed E-state index contributed by atoms with van der Waals surface area (Å²) in [6.07, 6.45) is 3.99. The number of H-pyrrole nitrogens is 1. The number of nitrogens with zero attached hydrogens (tertiary/aromatic N) is 1. The molecule has 0 saturated carbocycles. The molecular formula is C24H24N4O3S. The van der Waals surface area contributed by atoms with Gasteiger partial charge in [0.25, 0.3) is 0 Å². The van der Waals surface area contributed by atoms with Gasteiger partial charge in [0.15, 0.2) is 5.78 Å². The number of nitrogens with one attached hydrogen (secondary N) is 2. The number of benzene rings is 2. The number of fused-ring (bicyclic) bond motifs is 1. The number of carbonyl (C=O) groups is 1. The van der Waals surface area contributed by atoms with Crippen molar-refractivity contribution in [3.8, 4) is 0 Å². The zero-order valence-corrected chi connectivity index (χ0v) is 18.4. The number of ketones is 1. The Labute approximate surface area is 186 Å². The molecule has 1 atom stereocenters. The summed E-state index contributed by atoms with van der Waals surface area (Å²) in [5.74, 6) is -0.0625.